The van der Waals surface area contributed by atoms with Crippen molar-refractivity contribution in [1.29, 1.82) is 0 Å². The van der Waals surface area contributed by atoms with Crippen LogP contribution in [0.3, 0.4) is 0 Å². The van der Waals surface area contributed by atoms with Gasteiger partial charge in [-0.1, -0.05) is 51.1 Å². The quantitative estimate of drug-likeness (QED) is 0.679. The van der Waals surface area contributed by atoms with Gasteiger partial charge in [0, 0.05) is 24.7 Å². The first-order chi connectivity index (χ1) is 10.5. The van der Waals surface area contributed by atoms with Crippen LogP contribution in [0, 0.1) is 0 Å². The molecule has 1 fully saturated rings. The summed E-state index contributed by atoms with van der Waals surface area (Å²) < 4.78 is 6.69. The molecule has 3 heteroatoms. The molecule has 1 atom stereocenters. The molecule has 0 aliphatic carbocycles. The highest BCUT2D eigenvalue weighted by atomic mass is 28.4. The second-order valence-electron chi connectivity index (χ2n) is 9.21. The van der Waals surface area contributed by atoms with Crippen molar-refractivity contribution in [1.82, 2.24) is 4.90 Å². The molecule has 1 aliphatic rings. The second kappa shape index (κ2) is 6.70. The summed E-state index contributed by atoms with van der Waals surface area (Å²) in [4.78, 5) is 2.62. The van der Waals surface area contributed by atoms with Gasteiger partial charge in [0.05, 0.1) is 0 Å². The molecule has 0 saturated carbocycles. The average Bonchev–Trinajstić information content (AvgIpc) is 2.41. The number of piperidine rings is 1. The highest BCUT2D eigenvalue weighted by molar-refractivity contribution is 6.74. The molecular formula is C20H35NOSi. The molecule has 0 bridgehead atoms. The highest BCUT2D eigenvalue weighted by Gasteiger charge is 2.42. The standard InChI is InChI=1S/C20H35NOSi/c1-19(2,3)23(6,7)22-18-13-14-21(20(4,5)15-18)16-17-11-9-8-10-12-17/h8-12,18H,13-16H2,1-7H3. The van der Waals surface area contributed by atoms with E-state index in [1.165, 1.54) is 5.56 Å². The Morgan fingerprint density at radius 2 is 1.78 bits per heavy atom. The van der Waals surface area contributed by atoms with Gasteiger partial charge in [-0.3, -0.25) is 4.90 Å². The second-order valence-corrected chi connectivity index (χ2v) is 14.0. The molecule has 0 amide bonds. The van der Waals surface area contributed by atoms with Crippen LogP contribution in [-0.2, 0) is 11.0 Å². The fourth-order valence-electron chi connectivity index (χ4n) is 3.18. The van der Waals surface area contributed by atoms with Crippen molar-refractivity contribution in [2.45, 2.75) is 83.8 Å². The first-order valence-corrected chi connectivity index (χ1v) is 11.9. The lowest BCUT2D eigenvalue weighted by Crippen LogP contribution is -2.54. The van der Waals surface area contributed by atoms with E-state index in [2.05, 4.69) is 82.9 Å². The van der Waals surface area contributed by atoms with Crippen molar-refractivity contribution in [2.75, 3.05) is 6.54 Å². The van der Waals surface area contributed by atoms with Crippen molar-refractivity contribution >= 4 is 8.32 Å². The lowest BCUT2D eigenvalue weighted by molar-refractivity contribution is -0.00183. The van der Waals surface area contributed by atoms with Gasteiger partial charge in [-0.15, -0.1) is 0 Å². The van der Waals surface area contributed by atoms with Crippen molar-refractivity contribution < 1.29 is 4.43 Å². The molecule has 1 heterocycles. The van der Waals surface area contributed by atoms with Crippen molar-refractivity contribution in [3.05, 3.63) is 35.9 Å². The number of hydrogen-bond donors (Lipinski definition) is 0. The zero-order valence-corrected chi connectivity index (χ0v) is 17.1. The fourth-order valence-corrected chi connectivity index (χ4v) is 4.57. The SMILES string of the molecule is CC1(C)CC(O[Si](C)(C)C(C)(C)C)CCN1Cc1ccccc1. The molecule has 0 spiro atoms. The summed E-state index contributed by atoms with van der Waals surface area (Å²) in [5.74, 6) is 0. The minimum absolute atomic E-state index is 0.196. The number of rotatable bonds is 4. The van der Waals surface area contributed by atoms with Crippen molar-refractivity contribution in [3.8, 4) is 0 Å². The molecule has 1 aliphatic heterocycles. The van der Waals surface area contributed by atoms with Gasteiger partial charge in [0.15, 0.2) is 8.32 Å². The van der Waals surface area contributed by atoms with E-state index in [0.717, 1.165) is 25.9 Å². The van der Waals surface area contributed by atoms with E-state index < -0.39 is 8.32 Å². The van der Waals surface area contributed by atoms with Crippen LogP contribution in [0.25, 0.3) is 0 Å². The zero-order valence-electron chi connectivity index (χ0n) is 16.1. The maximum absolute atomic E-state index is 6.69. The van der Waals surface area contributed by atoms with Crippen LogP contribution < -0.4 is 0 Å². The van der Waals surface area contributed by atoms with Gasteiger partial charge >= 0.3 is 0 Å². The Bertz CT molecular complexity index is 504. The maximum Gasteiger partial charge on any atom is 0.192 e. The summed E-state index contributed by atoms with van der Waals surface area (Å²) in [5, 5.41) is 0.290. The van der Waals surface area contributed by atoms with E-state index in [4.69, 9.17) is 4.43 Å². The minimum atomic E-state index is -1.67. The fraction of sp³-hybridized carbons (Fsp3) is 0.700. The van der Waals surface area contributed by atoms with Gasteiger partial charge in [0.2, 0.25) is 0 Å². The molecule has 1 saturated heterocycles. The Hall–Kier alpha value is -0.643. The van der Waals surface area contributed by atoms with Crippen LogP contribution in [0.2, 0.25) is 18.1 Å². The van der Waals surface area contributed by atoms with E-state index in [1.807, 2.05) is 0 Å². The minimum Gasteiger partial charge on any atom is -0.414 e. The van der Waals surface area contributed by atoms with Crippen LogP contribution in [0.5, 0.6) is 0 Å². The molecule has 0 radical (unpaired) electrons. The first kappa shape index (κ1) is 18.7. The lowest BCUT2D eigenvalue weighted by atomic mass is 9.88. The molecule has 1 aromatic carbocycles. The van der Waals surface area contributed by atoms with Crippen LogP contribution in [0.4, 0.5) is 0 Å². The molecule has 0 N–H and O–H groups in total. The zero-order chi connectivity index (χ0) is 17.3. The van der Waals surface area contributed by atoms with Crippen molar-refractivity contribution in [3.63, 3.8) is 0 Å². The Labute approximate surface area is 144 Å². The number of benzene rings is 1. The van der Waals surface area contributed by atoms with Crippen molar-refractivity contribution in [2.24, 2.45) is 0 Å². The molecule has 130 valence electrons. The van der Waals surface area contributed by atoms with Gasteiger partial charge in [0.25, 0.3) is 0 Å². The van der Waals surface area contributed by atoms with Crippen LogP contribution in [-0.4, -0.2) is 31.4 Å². The van der Waals surface area contributed by atoms with E-state index in [1.54, 1.807) is 0 Å². The highest BCUT2D eigenvalue weighted by Crippen LogP contribution is 2.40. The van der Waals surface area contributed by atoms with E-state index in [9.17, 15) is 0 Å². The van der Waals surface area contributed by atoms with E-state index in [0.29, 0.717) is 6.10 Å². The monoisotopic (exact) mass is 333 g/mol. The maximum atomic E-state index is 6.69. The van der Waals surface area contributed by atoms with Gasteiger partial charge in [0.1, 0.15) is 0 Å². The predicted molar refractivity (Wildman–Crippen MR) is 102 cm³/mol. The number of nitrogens with zero attached hydrogens (tertiary/aromatic N) is 1. The lowest BCUT2D eigenvalue weighted by Gasteiger charge is -2.48. The molecule has 2 rings (SSSR count). The Kier molecular flexibility index (Phi) is 5.44. The van der Waals surface area contributed by atoms with Crippen LogP contribution in [0.15, 0.2) is 30.3 Å². The van der Waals surface area contributed by atoms with E-state index in [-0.39, 0.29) is 10.6 Å². The molecule has 1 unspecified atom stereocenters. The summed E-state index contributed by atoms with van der Waals surface area (Å²) in [5.41, 5.74) is 1.60. The van der Waals surface area contributed by atoms with Gasteiger partial charge < -0.3 is 4.43 Å². The normalized spacial score (nSPS) is 23.0. The summed E-state index contributed by atoms with van der Waals surface area (Å²) >= 11 is 0. The Balaban J connectivity index is 2.00. The van der Waals surface area contributed by atoms with Gasteiger partial charge in [-0.2, -0.15) is 0 Å². The van der Waals surface area contributed by atoms with Gasteiger partial charge in [-0.05, 0) is 50.4 Å². The molecular weight excluding hydrogens is 298 g/mol. The topological polar surface area (TPSA) is 12.5 Å². The third-order valence-electron chi connectivity index (χ3n) is 5.79. The molecule has 23 heavy (non-hydrogen) atoms. The third kappa shape index (κ3) is 4.68. The van der Waals surface area contributed by atoms with Crippen LogP contribution in [0.1, 0.15) is 53.0 Å². The molecule has 0 aromatic heterocycles. The summed E-state index contributed by atoms with van der Waals surface area (Å²) in [7, 11) is -1.67. The number of hydrogen-bond acceptors (Lipinski definition) is 2. The number of likely N-dealkylation sites (tertiary alicyclic amines) is 1. The predicted octanol–water partition coefficient (Wildman–Crippen LogP) is 5.45. The van der Waals surface area contributed by atoms with Gasteiger partial charge in [-0.25, -0.2) is 0 Å². The molecule has 2 nitrogen and oxygen atoms in total. The van der Waals surface area contributed by atoms with E-state index >= 15 is 0 Å². The smallest absolute Gasteiger partial charge is 0.192 e. The average molecular weight is 334 g/mol. The third-order valence-corrected chi connectivity index (χ3v) is 10.3. The first-order valence-electron chi connectivity index (χ1n) is 8.98. The Morgan fingerprint density at radius 1 is 1.17 bits per heavy atom. The summed E-state index contributed by atoms with van der Waals surface area (Å²) in [6.07, 6.45) is 2.70. The largest absolute Gasteiger partial charge is 0.414 e. The Morgan fingerprint density at radius 3 is 2.30 bits per heavy atom. The summed E-state index contributed by atoms with van der Waals surface area (Å²) in [6, 6.07) is 10.8. The summed E-state index contributed by atoms with van der Waals surface area (Å²) in [6.45, 7) is 18.6. The van der Waals surface area contributed by atoms with Crippen LogP contribution >= 0.6 is 0 Å². The molecule has 1 aromatic rings.